The Kier molecular flexibility index (Phi) is 5.68. The zero-order valence-corrected chi connectivity index (χ0v) is 18.3. The molecule has 2 amide bonds. The SMILES string of the molecule is O=C1N[C@@H](Cc2ccc(Cl)cc2)C(=O)N2CCN(Cc3cnn(-c4ccccc4)c3)C[C@H]12. The number of halogens is 1. The molecule has 0 saturated carbocycles. The van der Waals surface area contributed by atoms with Gasteiger partial charge in [0, 0.05) is 49.4 Å². The summed E-state index contributed by atoms with van der Waals surface area (Å²) in [4.78, 5) is 29.8. The molecule has 0 unspecified atom stereocenters. The minimum atomic E-state index is -0.532. The molecule has 1 N–H and O–H groups in total. The van der Waals surface area contributed by atoms with Gasteiger partial charge in [-0.2, -0.15) is 5.10 Å². The van der Waals surface area contributed by atoms with Crippen molar-refractivity contribution in [3.63, 3.8) is 0 Å². The number of para-hydroxylation sites is 1. The lowest BCUT2D eigenvalue weighted by molar-refractivity contribution is -0.153. The Morgan fingerprint density at radius 2 is 1.78 bits per heavy atom. The number of amides is 2. The highest BCUT2D eigenvalue weighted by atomic mass is 35.5. The summed E-state index contributed by atoms with van der Waals surface area (Å²) >= 11 is 5.95. The number of benzene rings is 2. The number of aromatic nitrogens is 2. The van der Waals surface area contributed by atoms with E-state index in [0.29, 0.717) is 31.1 Å². The molecule has 0 spiro atoms. The summed E-state index contributed by atoms with van der Waals surface area (Å²) in [6, 6.07) is 16.3. The number of nitrogens with one attached hydrogen (secondary N) is 1. The Bertz CT molecular complexity index is 1110. The maximum atomic E-state index is 13.1. The maximum Gasteiger partial charge on any atom is 0.246 e. The highest BCUT2D eigenvalue weighted by Gasteiger charge is 2.43. The molecule has 2 saturated heterocycles. The van der Waals surface area contributed by atoms with E-state index in [2.05, 4.69) is 15.3 Å². The van der Waals surface area contributed by atoms with Gasteiger partial charge in [-0.05, 0) is 29.8 Å². The molecule has 2 aliphatic heterocycles. The van der Waals surface area contributed by atoms with Crippen molar-refractivity contribution < 1.29 is 9.59 Å². The molecule has 2 fully saturated rings. The van der Waals surface area contributed by atoms with E-state index in [9.17, 15) is 9.59 Å². The maximum absolute atomic E-state index is 13.1. The van der Waals surface area contributed by atoms with E-state index in [1.807, 2.05) is 59.5 Å². The Morgan fingerprint density at radius 1 is 1.00 bits per heavy atom. The molecular weight excluding hydrogens is 426 g/mol. The van der Waals surface area contributed by atoms with Crippen LogP contribution >= 0.6 is 11.6 Å². The highest BCUT2D eigenvalue weighted by Crippen LogP contribution is 2.21. The Balaban J connectivity index is 1.22. The van der Waals surface area contributed by atoms with E-state index in [0.717, 1.165) is 23.4 Å². The molecule has 5 rings (SSSR count). The topological polar surface area (TPSA) is 70.5 Å². The first kappa shape index (κ1) is 20.7. The van der Waals surface area contributed by atoms with Crippen LogP contribution in [0.2, 0.25) is 5.02 Å². The fourth-order valence-electron chi connectivity index (χ4n) is 4.42. The van der Waals surface area contributed by atoms with E-state index < -0.39 is 12.1 Å². The third kappa shape index (κ3) is 4.26. The molecule has 2 aromatic carbocycles. The third-order valence-electron chi connectivity index (χ3n) is 6.08. The number of rotatable bonds is 5. The van der Waals surface area contributed by atoms with Gasteiger partial charge in [0.25, 0.3) is 0 Å². The fraction of sp³-hybridized carbons (Fsp3) is 0.292. The van der Waals surface area contributed by atoms with E-state index in [-0.39, 0.29) is 11.8 Å². The molecule has 0 bridgehead atoms. The zero-order valence-electron chi connectivity index (χ0n) is 17.5. The first-order chi connectivity index (χ1) is 15.6. The van der Waals surface area contributed by atoms with Crippen LogP contribution in [-0.4, -0.2) is 63.1 Å². The number of fused-ring (bicyclic) bond motifs is 1. The highest BCUT2D eigenvalue weighted by molar-refractivity contribution is 6.30. The van der Waals surface area contributed by atoms with Gasteiger partial charge in [0.15, 0.2) is 0 Å². The van der Waals surface area contributed by atoms with Crippen LogP contribution in [0, 0.1) is 0 Å². The normalized spacial score (nSPS) is 21.3. The molecule has 164 valence electrons. The summed E-state index contributed by atoms with van der Waals surface area (Å²) in [5.74, 6) is -0.102. The molecular formula is C24H24ClN5O2. The quantitative estimate of drug-likeness (QED) is 0.648. The lowest BCUT2D eigenvalue weighted by atomic mass is 9.98. The molecule has 7 nitrogen and oxygen atoms in total. The molecule has 32 heavy (non-hydrogen) atoms. The zero-order chi connectivity index (χ0) is 22.1. The lowest BCUT2D eigenvalue weighted by Crippen LogP contribution is -2.69. The van der Waals surface area contributed by atoms with Gasteiger partial charge in [0.2, 0.25) is 11.8 Å². The second-order valence-electron chi connectivity index (χ2n) is 8.30. The molecule has 3 aromatic rings. The fourth-order valence-corrected chi connectivity index (χ4v) is 4.54. The number of carbonyl (C=O) groups excluding carboxylic acids is 2. The molecule has 0 radical (unpaired) electrons. The molecule has 8 heteroatoms. The molecule has 2 aliphatic rings. The minimum Gasteiger partial charge on any atom is -0.342 e. The monoisotopic (exact) mass is 449 g/mol. The second kappa shape index (κ2) is 8.76. The van der Waals surface area contributed by atoms with Crippen molar-refractivity contribution in [3.05, 3.63) is 83.1 Å². The van der Waals surface area contributed by atoms with Crippen molar-refractivity contribution >= 4 is 23.4 Å². The summed E-state index contributed by atoms with van der Waals surface area (Å²) in [6.45, 7) is 2.47. The van der Waals surface area contributed by atoms with Crippen LogP contribution in [0.5, 0.6) is 0 Å². The van der Waals surface area contributed by atoms with Crippen LogP contribution < -0.4 is 5.32 Å². The predicted octanol–water partition coefficient (Wildman–Crippen LogP) is 2.28. The number of carbonyl (C=O) groups is 2. The van der Waals surface area contributed by atoms with Crippen molar-refractivity contribution in [2.75, 3.05) is 19.6 Å². The van der Waals surface area contributed by atoms with Gasteiger partial charge < -0.3 is 10.2 Å². The van der Waals surface area contributed by atoms with Crippen molar-refractivity contribution in [1.29, 1.82) is 0 Å². The van der Waals surface area contributed by atoms with Gasteiger partial charge in [-0.3, -0.25) is 14.5 Å². The summed E-state index contributed by atoms with van der Waals surface area (Å²) in [5.41, 5.74) is 3.05. The average Bonchev–Trinajstić information content (AvgIpc) is 3.28. The van der Waals surface area contributed by atoms with Gasteiger partial charge >= 0.3 is 0 Å². The summed E-state index contributed by atoms with van der Waals surface area (Å²) < 4.78 is 1.85. The predicted molar refractivity (Wildman–Crippen MR) is 121 cm³/mol. The van der Waals surface area contributed by atoms with Crippen LogP contribution in [0.25, 0.3) is 5.69 Å². The smallest absolute Gasteiger partial charge is 0.246 e. The van der Waals surface area contributed by atoms with Crippen molar-refractivity contribution in [3.8, 4) is 5.69 Å². The average molecular weight is 450 g/mol. The van der Waals surface area contributed by atoms with Gasteiger partial charge in [-0.1, -0.05) is 41.9 Å². The Hall–Kier alpha value is -3.16. The van der Waals surface area contributed by atoms with Crippen LogP contribution in [0.15, 0.2) is 67.0 Å². The van der Waals surface area contributed by atoms with E-state index >= 15 is 0 Å². The number of nitrogens with zero attached hydrogens (tertiary/aromatic N) is 4. The first-order valence-electron chi connectivity index (χ1n) is 10.7. The van der Waals surface area contributed by atoms with Gasteiger partial charge in [-0.15, -0.1) is 0 Å². The summed E-state index contributed by atoms with van der Waals surface area (Å²) in [7, 11) is 0. The van der Waals surface area contributed by atoms with Crippen LogP contribution in [-0.2, 0) is 22.6 Å². The molecule has 3 heterocycles. The lowest BCUT2D eigenvalue weighted by Gasteiger charge is -2.45. The van der Waals surface area contributed by atoms with Crippen LogP contribution in [0.1, 0.15) is 11.1 Å². The number of hydrogen-bond donors (Lipinski definition) is 1. The standard InChI is InChI=1S/C24H24ClN5O2/c25-19-8-6-17(7-9-19)12-21-24(32)29-11-10-28(16-22(29)23(31)27-21)14-18-13-26-30(15-18)20-4-2-1-3-5-20/h1-9,13,15,21-22H,10-12,14,16H2,(H,27,31)/t21-,22+/m0/s1. The summed E-state index contributed by atoms with van der Waals surface area (Å²) in [6.07, 6.45) is 4.33. The molecule has 0 aliphatic carbocycles. The molecule has 2 atom stereocenters. The van der Waals surface area contributed by atoms with E-state index in [1.54, 1.807) is 17.0 Å². The number of piperazine rings is 2. The van der Waals surface area contributed by atoms with Crippen LogP contribution in [0.4, 0.5) is 0 Å². The van der Waals surface area contributed by atoms with Crippen molar-refractivity contribution in [1.82, 2.24) is 24.9 Å². The minimum absolute atomic E-state index is 0.0129. The second-order valence-corrected chi connectivity index (χ2v) is 8.74. The molecule has 1 aromatic heterocycles. The summed E-state index contributed by atoms with van der Waals surface area (Å²) in [5, 5.41) is 8.04. The van der Waals surface area contributed by atoms with Gasteiger partial charge in [-0.25, -0.2) is 4.68 Å². The van der Waals surface area contributed by atoms with E-state index in [1.165, 1.54) is 0 Å². The first-order valence-corrected chi connectivity index (χ1v) is 11.1. The van der Waals surface area contributed by atoms with Crippen molar-refractivity contribution in [2.45, 2.75) is 25.0 Å². The van der Waals surface area contributed by atoms with Crippen molar-refractivity contribution in [2.24, 2.45) is 0 Å². The van der Waals surface area contributed by atoms with Crippen LogP contribution in [0.3, 0.4) is 0 Å². The Labute approximate surface area is 191 Å². The largest absolute Gasteiger partial charge is 0.342 e. The number of hydrogen-bond acceptors (Lipinski definition) is 4. The third-order valence-corrected chi connectivity index (χ3v) is 6.33. The van der Waals surface area contributed by atoms with E-state index in [4.69, 9.17) is 11.6 Å². The van der Waals surface area contributed by atoms with Gasteiger partial charge in [0.05, 0.1) is 11.9 Å². The van der Waals surface area contributed by atoms with Gasteiger partial charge in [0.1, 0.15) is 12.1 Å². The Morgan fingerprint density at radius 3 is 2.56 bits per heavy atom.